The van der Waals surface area contributed by atoms with Crippen LogP contribution < -0.4 is 27.7 Å². The summed E-state index contributed by atoms with van der Waals surface area (Å²) in [5, 5.41) is 9.09. The maximum atomic E-state index is 13.0. The Morgan fingerprint density at radius 1 is 0.235 bits per heavy atom. The molecule has 16 aromatic carbocycles. The van der Waals surface area contributed by atoms with E-state index in [2.05, 4.69) is 54.6 Å². The molecular formula is C116H108N4O12. The zero-order valence-corrected chi connectivity index (χ0v) is 74.9. The van der Waals surface area contributed by atoms with Crippen LogP contribution in [0.5, 0.6) is 5.75 Å². The Hall–Kier alpha value is -15.0. The van der Waals surface area contributed by atoms with Gasteiger partial charge < -0.3 is 41.9 Å². The highest BCUT2D eigenvalue weighted by Gasteiger charge is 2.26. The number of aryl methyl sites for hydroxylation is 5. The smallest absolute Gasteiger partial charge is 0.343 e. The fraction of sp³-hybridized carbons (Fsp3) is 0.172. The van der Waals surface area contributed by atoms with Gasteiger partial charge >= 0.3 is 23.9 Å². The van der Waals surface area contributed by atoms with Gasteiger partial charge in [0.25, 0.3) is 0 Å². The predicted octanol–water partition coefficient (Wildman–Crippen LogP) is 21.6. The molecule has 0 heterocycles. The van der Waals surface area contributed by atoms with Crippen molar-refractivity contribution < 1.29 is 57.3 Å². The van der Waals surface area contributed by atoms with Crippen LogP contribution in [-0.4, -0.2) is 73.2 Å². The van der Waals surface area contributed by atoms with Crippen molar-refractivity contribution in [2.75, 3.05) is 26.2 Å². The standard InChI is InChI=1S/2C30H29NO3.C29H27NO3.C27H23NO3/c2*1-20-7-14-27(21(2)15-20)30(33)34-19-22-8-12-25(13-9-22)28(18-31)29(32)17-23-10-11-24-5-3-4-6-26(24)16-23;1-20-6-11-25(12-7-20)29(32)33-19-21-8-14-24(15-9-21)27(18-30)28(31)17-22-10-13-23-4-2-3-5-26(23)16-22;28-18-25(26(29)17-19-10-11-20-6-4-5-9-23(20)16-19)21-12-14-24(15-13-21)31-27(30)22-7-2-1-3-8-22/h2*3-16,28H,17-19,31H2,1-2H3;2-16,27H,17-19,30H2,1H3;1-16,25H,17-18,28H2/t28-;;;/m0.../s1. The first-order chi connectivity index (χ1) is 64.0. The van der Waals surface area contributed by atoms with Crippen molar-refractivity contribution in [1.29, 1.82) is 0 Å². The molecule has 664 valence electrons. The van der Waals surface area contributed by atoms with E-state index >= 15 is 0 Å². The predicted molar refractivity (Wildman–Crippen MR) is 525 cm³/mol. The molecule has 0 aromatic heterocycles. The second-order valence-corrected chi connectivity index (χ2v) is 33.2. The normalized spacial score (nSPS) is 11.8. The number of nitrogens with two attached hydrogens (primary N) is 4. The maximum Gasteiger partial charge on any atom is 0.343 e. The number of rotatable bonds is 31. The number of ketones is 4. The van der Waals surface area contributed by atoms with Crippen molar-refractivity contribution in [3.8, 4) is 5.75 Å². The Balaban J connectivity index is 0.000000150. The minimum Gasteiger partial charge on any atom is -0.457 e. The molecule has 4 atom stereocenters. The third-order valence-corrected chi connectivity index (χ3v) is 23.5. The number of benzene rings is 16. The molecule has 0 aliphatic rings. The van der Waals surface area contributed by atoms with Crippen LogP contribution >= 0.6 is 0 Å². The Kier molecular flexibility index (Phi) is 33.2. The Morgan fingerprint density at radius 3 is 0.788 bits per heavy atom. The number of hydrogen-bond acceptors (Lipinski definition) is 16. The molecule has 16 aromatic rings. The number of esters is 4. The lowest BCUT2D eigenvalue weighted by Crippen LogP contribution is -2.23. The van der Waals surface area contributed by atoms with Gasteiger partial charge in [0.15, 0.2) is 0 Å². The Bertz CT molecular complexity index is 6530. The highest BCUT2D eigenvalue weighted by Crippen LogP contribution is 2.30. The molecule has 132 heavy (non-hydrogen) atoms. The summed E-state index contributed by atoms with van der Waals surface area (Å²) in [6.45, 7) is 11.2. The average Bonchev–Trinajstić information content (AvgIpc) is 0.840. The van der Waals surface area contributed by atoms with Crippen molar-refractivity contribution in [3.05, 3.63) is 469 Å². The van der Waals surface area contributed by atoms with Gasteiger partial charge in [0.1, 0.15) is 48.7 Å². The van der Waals surface area contributed by atoms with Gasteiger partial charge in [-0.15, -0.1) is 0 Å². The molecule has 0 saturated carbocycles. The van der Waals surface area contributed by atoms with Gasteiger partial charge in [-0.1, -0.05) is 326 Å². The highest BCUT2D eigenvalue weighted by molar-refractivity contribution is 5.96. The van der Waals surface area contributed by atoms with Gasteiger partial charge in [-0.05, 0) is 199 Å². The van der Waals surface area contributed by atoms with Crippen LogP contribution in [0.1, 0.15) is 154 Å². The highest BCUT2D eigenvalue weighted by atomic mass is 16.5. The topological polar surface area (TPSA) is 278 Å². The van der Waals surface area contributed by atoms with E-state index in [-0.39, 0.29) is 105 Å². The van der Waals surface area contributed by atoms with E-state index in [9.17, 15) is 38.4 Å². The van der Waals surface area contributed by atoms with E-state index < -0.39 is 11.9 Å². The largest absolute Gasteiger partial charge is 0.457 e. The Labute approximate surface area is 770 Å². The summed E-state index contributed by atoms with van der Waals surface area (Å²) in [6.07, 6.45) is 1.32. The second-order valence-electron chi connectivity index (χ2n) is 33.2. The first kappa shape index (κ1) is 94.6. The molecule has 0 spiro atoms. The van der Waals surface area contributed by atoms with Crippen molar-refractivity contribution in [3.63, 3.8) is 0 Å². The van der Waals surface area contributed by atoms with Crippen LogP contribution in [0.15, 0.2) is 358 Å². The van der Waals surface area contributed by atoms with Crippen LogP contribution in [0.4, 0.5) is 0 Å². The fourth-order valence-corrected chi connectivity index (χ4v) is 16.0. The van der Waals surface area contributed by atoms with Gasteiger partial charge in [0.2, 0.25) is 0 Å². The van der Waals surface area contributed by atoms with Gasteiger partial charge in [-0.25, -0.2) is 19.2 Å². The molecule has 0 aliphatic heterocycles. The molecule has 8 N–H and O–H groups in total. The molecule has 0 aliphatic carbocycles. The number of fused-ring (bicyclic) bond motifs is 4. The lowest BCUT2D eigenvalue weighted by atomic mass is 9.90. The number of hydrogen-bond donors (Lipinski definition) is 4. The van der Waals surface area contributed by atoms with Crippen LogP contribution in [0, 0.1) is 34.6 Å². The lowest BCUT2D eigenvalue weighted by Gasteiger charge is -2.15. The SMILES string of the molecule is Cc1ccc(C(=O)OCc2ccc(C(CN)C(=O)Cc3ccc4ccccc4c3)cc2)c(C)c1.Cc1ccc(C(=O)OCc2ccc(C(CN)C(=O)Cc3ccc4ccccc4c3)cc2)cc1.Cc1ccc(C(=O)OCc2ccc([C@H](CN)C(=O)Cc3ccc4ccccc4c3)cc2)c(C)c1.NCC(C(=O)Cc1ccc2ccccc2c1)c1ccc(OC(=O)c2ccccc2)cc1. The van der Waals surface area contributed by atoms with E-state index in [1.54, 1.807) is 72.8 Å². The van der Waals surface area contributed by atoms with Crippen molar-refractivity contribution in [2.45, 2.75) is 104 Å². The quantitative estimate of drug-likeness (QED) is 0.0178. The zero-order chi connectivity index (χ0) is 93.0. The van der Waals surface area contributed by atoms with E-state index in [0.717, 1.165) is 132 Å². The summed E-state index contributed by atoms with van der Waals surface area (Å²) in [5.41, 5.74) is 41.1. The first-order valence-electron chi connectivity index (χ1n) is 44.2. The van der Waals surface area contributed by atoms with Crippen LogP contribution in [0.2, 0.25) is 0 Å². The molecule has 0 fully saturated rings. The number of carbonyl (C=O) groups is 8. The second kappa shape index (κ2) is 46.3. The van der Waals surface area contributed by atoms with Gasteiger partial charge in [0, 0.05) is 51.9 Å². The van der Waals surface area contributed by atoms with Gasteiger partial charge in [0.05, 0.1) is 45.9 Å². The first-order valence-corrected chi connectivity index (χ1v) is 44.2. The van der Waals surface area contributed by atoms with Crippen LogP contribution in [0.3, 0.4) is 0 Å². The maximum absolute atomic E-state index is 13.0. The minimum absolute atomic E-state index is 0.0619. The third kappa shape index (κ3) is 25.9. The van der Waals surface area contributed by atoms with Crippen molar-refractivity contribution in [1.82, 2.24) is 0 Å². The molecule has 16 nitrogen and oxygen atoms in total. The number of Topliss-reactive ketones (excluding diaryl/α,β-unsaturated/α-hetero) is 4. The molecule has 16 heteroatoms. The summed E-state index contributed by atoms with van der Waals surface area (Å²) in [4.78, 5) is 101. The van der Waals surface area contributed by atoms with Crippen molar-refractivity contribution in [2.24, 2.45) is 22.9 Å². The van der Waals surface area contributed by atoms with Crippen molar-refractivity contribution >= 4 is 90.1 Å². The van der Waals surface area contributed by atoms with E-state index in [4.69, 9.17) is 41.9 Å². The average molecular weight is 1750 g/mol. The van der Waals surface area contributed by atoms with E-state index in [0.29, 0.717) is 53.7 Å². The lowest BCUT2D eigenvalue weighted by molar-refractivity contribution is -0.120. The van der Waals surface area contributed by atoms with Gasteiger partial charge in [-0.2, -0.15) is 0 Å². The zero-order valence-electron chi connectivity index (χ0n) is 74.9. The molecular weight excluding hydrogens is 1640 g/mol. The molecule has 0 amide bonds. The molecule has 16 rings (SSSR count). The molecule has 3 unspecified atom stereocenters. The number of carbonyl (C=O) groups excluding carboxylic acids is 8. The van der Waals surface area contributed by atoms with Gasteiger partial charge in [-0.3, -0.25) is 19.2 Å². The number of ether oxygens (including phenoxy) is 4. The molecule has 0 bridgehead atoms. The van der Waals surface area contributed by atoms with Crippen LogP contribution in [0.25, 0.3) is 43.1 Å². The summed E-state index contributed by atoms with van der Waals surface area (Å²) in [6, 6.07) is 114. The summed E-state index contributed by atoms with van der Waals surface area (Å²) in [5.74, 6) is -2.24. The summed E-state index contributed by atoms with van der Waals surface area (Å²) >= 11 is 0. The summed E-state index contributed by atoms with van der Waals surface area (Å²) in [7, 11) is 0. The molecule has 0 saturated heterocycles. The minimum atomic E-state index is -0.420. The Morgan fingerprint density at radius 2 is 0.492 bits per heavy atom. The van der Waals surface area contributed by atoms with E-state index in [1.165, 1.54) is 0 Å². The van der Waals surface area contributed by atoms with E-state index in [1.807, 2.05) is 265 Å². The fourth-order valence-electron chi connectivity index (χ4n) is 16.0. The monoisotopic (exact) mass is 1750 g/mol. The molecule has 0 radical (unpaired) electrons. The summed E-state index contributed by atoms with van der Waals surface area (Å²) < 4.78 is 21.8. The van der Waals surface area contributed by atoms with Crippen LogP contribution in [-0.2, 0) is 78.9 Å². The third-order valence-electron chi connectivity index (χ3n) is 23.5.